The van der Waals surface area contributed by atoms with E-state index >= 15 is 0 Å². The van der Waals surface area contributed by atoms with Gasteiger partial charge in [0.2, 0.25) is 0 Å². The second-order valence-corrected chi connectivity index (χ2v) is 9.56. The first-order valence-corrected chi connectivity index (χ1v) is 11.6. The summed E-state index contributed by atoms with van der Waals surface area (Å²) in [5, 5.41) is 0.326. The van der Waals surface area contributed by atoms with Crippen molar-refractivity contribution in [3.8, 4) is 22.6 Å². The van der Waals surface area contributed by atoms with Crippen LogP contribution in [0.25, 0.3) is 22.0 Å². The molecule has 0 bridgehead atoms. The number of rotatable bonds is 4. The van der Waals surface area contributed by atoms with E-state index in [0.717, 1.165) is 24.5 Å². The highest BCUT2D eigenvalue weighted by molar-refractivity contribution is 7.90. The summed E-state index contributed by atoms with van der Waals surface area (Å²) in [7, 11) is -3.66. The Labute approximate surface area is 187 Å². The van der Waals surface area contributed by atoms with Crippen molar-refractivity contribution in [2.24, 2.45) is 0 Å². The Morgan fingerprint density at radius 3 is 2.36 bits per heavy atom. The molecule has 3 aromatic carbocycles. The van der Waals surface area contributed by atoms with Crippen LogP contribution in [-0.4, -0.2) is 19.7 Å². The van der Waals surface area contributed by atoms with E-state index in [0.29, 0.717) is 22.1 Å². The monoisotopic (exact) mass is 475 g/mol. The van der Waals surface area contributed by atoms with E-state index in [1.807, 2.05) is 0 Å². The summed E-state index contributed by atoms with van der Waals surface area (Å²) in [5.41, 5.74) is 0.773. The standard InChI is InChI=1S/C24H17F4NO3S/c1-14-13-29-23-20(7-4-8-21(23)24(26,27)28)22(14)15-5-3-6-17(9-15)32-18-10-16(25)11-19(12-18)33(2,30)31/h3-13H,1-2H3. The normalized spacial score (nSPS) is 12.2. The lowest BCUT2D eigenvalue weighted by molar-refractivity contribution is -0.136. The fourth-order valence-electron chi connectivity index (χ4n) is 3.60. The van der Waals surface area contributed by atoms with Gasteiger partial charge < -0.3 is 4.74 Å². The number of pyridine rings is 1. The van der Waals surface area contributed by atoms with Crippen molar-refractivity contribution in [3.05, 3.63) is 83.8 Å². The van der Waals surface area contributed by atoms with Crippen LogP contribution in [0.4, 0.5) is 17.6 Å². The van der Waals surface area contributed by atoms with Gasteiger partial charge in [0.05, 0.1) is 16.0 Å². The average molecular weight is 475 g/mol. The first kappa shape index (κ1) is 22.7. The fraction of sp³-hybridized carbons (Fsp3) is 0.125. The Hall–Kier alpha value is -3.46. The number of fused-ring (bicyclic) bond motifs is 1. The van der Waals surface area contributed by atoms with E-state index < -0.39 is 27.4 Å². The average Bonchev–Trinajstić information content (AvgIpc) is 2.71. The van der Waals surface area contributed by atoms with Crippen molar-refractivity contribution in [2.75, 3.05) is 6.26 Å². The summed E-state index contributed by atoms with van der Waals surface area (Å²) in [6, 6.07) is 13.5. The third-order valence-corrected chi connectivity index (χ3v) is 6.12. The summed E-state index contributed by atoms with van der Waals surface area (Å²) < 4.78 is 83.6. The second-order valence-electron chi connectivity index (χ2n) is 7.54. The van der Waals surface area contributed by atoms with Crippen LogP contribution in [0.15, 0.2) is 71.8 Å². The lowest BCUT2D eigenvalue weighted by Crippen LogP contribution is -2.07. The van der Waals surface area contributed by atoms with Crippen LogP contribution in [0.1, 0.15) is 11.1 Å². The number of aryl methyl sites for hydroxylation is 1. The maximum absolute atomic E-state index is 13.9. The number of nitrogens with zero attached hydrogens (tertiary/aromatic N) is 1. The van der Waals surface area contributed by atoms with Gasteiger partial charge in [-0.25, -0.2) is 12.8 Å². The van der Waals surface area contributed by atoms with Gasteiger partial charge in [-0.3, -0.25) is 4.98 Å². The minimum absolute atomic E-state index is 0.0248. The topological polar surface area (TPSA) is 56.3 Å². The summed E-state index contributed by atoms with van der Waals surface area (Å²) in [4.78, 5) is 3.78. The SMILES string of the molecule is Cc1cnc2c(C(F)(F)F)cccc2c1-c1cccc(Oc2cc(F)cc(S(C)(=O)=O)c2)c1. The molecule has 4 aromatic rings. The molecular weight excluding hydrogens is 458 g/mol. The third-order valence-electron chi connectivity index (χ3n) is 5.02. The number of hydrogen-bond acceptors (Lipinski definition) is 4. The molecule has 0 unspecified atom stereocenters. The molecule has 0 atom stereocenters. The Bertz CT molecular complexity index is 1480. The second kappa shape index (κ2) is 8.15. The summed E-state index contributed by atoms with van der Waals surface area (Å²) in [6.45, 7) is 1.74. The smallest absolute Gasteiger partial charge is 0.418 e. The molecule has 1 heterocycles. The van der Waals surface area contributed by atoms with Gasteiger partial charge in [-0.1, -0.05) is 24.3 Å². The molecule has 1 aromatic heterocycles. The highest BCUT2D eigenvalue weighted by Crippen LogP contribution is 2.39. The zero-order valence-corrected chi connectivity index (χ0v) is 18.3. The summed E-state index contributed by atoms with van der Waals surface area (Å²) >= 11 is 0. The molecule has 4 rings (SSSR count). The van der Waals surface area contributed by atoms with Gasteiger partial charge in [0, 0.05) is 23.9 Å². The molecule has 0 N–H and O–H groups in total. The van der Waals surface area contributed by atoms with E-state index in [1.165, 1.54) is 18.3 Å². The molecule has 0 saturated heterocycles. The molecule has 4 nitrogen and oxygen atoms in total. The van der Waals surface area contributed by atoms with Crippen LogP contribution >= 0.6 is 0 Å². The van der Waals surface area contributed by atoms with E-state index in [9.17, 15) is 26.0 Å². The molecule has 0 spiro atoms. The highest BCUT2D eigenvalue weighted by Gasteiger charge is 2.33. The zero-order chi connectivity index (χ0) is 24.0. The zero-order valence-electron chi connectivity index (χ0n) is 17.4. The van der Waals surface area contributed by atoms with Gasteiger partial charge in [0.25, 0.3) is 0 Å². The number of aromatic nitrogens is 1. The number of benzene rings is 3. The van der Waals surface area contributed by atoms with E-state index in [4.69, 9.17) is 4.74 Å². The number of ether oxygens (including phenoxy) is 1. The van der Waals surface area contributed by atoms with Crippen molar-refractivity contribution < 1.29 is 30.7 Å². The Balaban J connectivity index is 1.81. The molecule has 0 fully saturated rings. The quantitative estimate of drug-likeness (QED) is 0.314. The first-order chi connectivity index (χ1) is 15.4. The number of halogens is 4. The molecule has 0 aliphatic rings. The molecule has 9 heteroatoms. The maximum atomic E-state index is 13.9. The maximum Gasteiger partial charge on any atom is 0.418 e. The van der Waals surface area contributed by atoms with Crippen molar-refractivity contribution in [2.45, 2.75) is 18.0 Å². The molecule has 0 saturated carbocycles. The third kappa shape index (κ3) is 4.68. The van der Waals surface area contributed by atoms with E-state index in [-0.39, 0.29) is 21.9 Å². The number of alkyl halides is 3. The van der Waals surface area contributed by atoms with Crippen molar-refractivity contribution >= 4 is 20.7 Å². The van der Waals surface area contributed by atoms with Crippen LogP contribution in [-0.2, 0) is 16.0 Å². The Morgan fingerprint density at radius 1 is 0.939 bits per heavy atom. The Morgan fingerprint density at radius 2 is 1.67 bits per heavy atom. The van der Waals surface area contributed by atoms with Crippen molar-refractivity contribution in [3.63, 3.8) is 0 Å². The molecular formula is C24H17F4NO3S. The lowest BCUT2D eigenvalue weighted by Gasteiger charge is -2.15. The molecule has 0 aliphatic heterocycles. The van der Waals surface area contributed by atoms with Crippen molar-refractivity contribution in [1.29, 1.82) is 0 Å². The number of hydrogen-bond donors (Lipinski definition) is 0. The Kier molecular flexibility index (Phi) is 5.61. The fourth-order valence-corrected chi connectivity index (χ4v) is 4.25. The minimum atomic E-state index is -4.56. The summed E-state index contributed by atoms with van der Waals surface area (Å²) in [6.07, 6.45) is -2.22. The lowest BCUT2D eigenvalue weighted by atomic mass is 9.95. The molecule has 0 amide bonds. The largest absolute Gasteiger partial charge is 0.457 e. The van der Waals surface area contributed by atoms with E-state index in [1.54, 1.807) is 37.3 Å². The van der Waals surface area contributed by atoms with Gasteiger partial charge in [-0.05, 0) is 53.9 Å². The molecule has 0 aliphatic carbocycles. The first-order valence-electron chi connectivity index (χ1n) is 9.68. The van der Waals surface area contributed by atoms with Gasteiger partial charge in [0.15, 0.2) is 9.84 Å². The van der Waals surface area contributed by atoms with E-state index in [2.05, 4.69) is 4.98 Å². The predicted octanol–water partition coefficient (Wildman–Crippen LogP) is 6.56. The molecule has 170 valence electrons. The highest BCUT2D eigenvalue weighted by atomic mass is 32.2. The van der Waals surface area contributed by atoms with Gasteiger partial charge >= 0.3 is 6.18 Å². The number of sulfone groups is 1. The molecule has 33 heavy (non-hydrogen) atoms. The predicted molar refractivity (Wildman–Crippen MR) is 117 cm³/mol. The molecule has 0 radical (unpaired) electrons. The van der Waals surface area contributed by atoms with Crippen LogP contribution in [0.5, 0.6) is 11.5 Å². The van der Waals surface area contributed by atoms with Crippen LogP contribution < -0.4 is 4.74 Å². The summed E-state index contributed by atoms with van der Waals surface area (Å²) in [5.74, 6) is -0.545. The van der Waals surface area contributed by atoms with Gasteiger partial charge in [0.1, 0.15) is 17.3 Å². The van der Waals surface area contributed by atoms with Crippen molar-refractivity contribution in [1.82, 2.24) is 4.98 Å². The van der Waals surface area contributed by atoms with Gasteiger partial charge in [-0.15, -0.1) is 0 Å². The van der Waals surface area contributed by atoms with Crippen LogP contribution in [0.3, 0.4) is 0 Å². The number of para-hydroxylation sites is 1. The van der Waals surface area contributed by atoms with Crippen LogP contribution in [0.2, 0.25) is 0 Å². The van der Waals surface area contributed by atoms with Crippen LogP contribution in [0, 0.1) is 12.7 Å². The van der Waals surface area contributed by atoms with Gasteiger partial charge in [-0.2, -0.15) is 13.2 Å². The minimum Gasteiger partial charge on any atom is -0.457 e.